The number of benzene rings is 2. The maximum Gasteiger partial charge on any atom is 0.387 e. The molecular weight excluding hydrogens is 465 g/mol. The maximum atomic E-state index is 14.5. The SMILES string of the molecule is COc1ccc(F)c2c1cc(C)n2CCNc1cc(-c2ccc(C(=O)O)c(OC(F)F)c2)ncn1. The summed E-state index contributed by atoms with van der Waals surface area (Å²) in [5.41, 5.74) is 1.66. The summed E-state index contributed by atoms with van der Waals surface area (Å²) in [5.74, 6) is -1.18. The Morgan fingerprint density at radius 1 is 1.14 bits per heavy atom. The first-order valence-electron chi connectivity index (χ1n) is 10.5. The van der Waals surface area contributed by atoms with Crippen molar-refractivity contribution in [3.05, 3.63) is 65.9 Å². The molecule has 0 saturated heterocycles. The number of nitrogens with one attached hydrogen (secondary N) is 1. The van der Waals surface area contributed by atoms with Crippen molar-refractivity contribution in [3.63, 3.8) is 0 Å². The Hall–Kier alpha value is -4.28. The van der Waals surface area contributed by atoms with Crippen LogP contribution >= 0.6 is 0 Å². The molecule has 0 aliphatic heterocycles. The molecule has 0 aliphatic rings. The molecule has 182 valence electrons. The van der Waals surface area contributed by atoms with E-state index in [-0.39, 0.29) is 11.4 Å². The third-order valence-electron chi connectivity index (χ3n) is 5.43. The Labute approximate surface area is 198 Å². The number of halogens is 3. The van der Waals surface area contributed by atoms with E-state index in [2.05, 4.69) is 20.0 Å². The van der Waals surface area contributed by atoms with E-state index in [1.807, 2.05) is 17.6 Å². The second-order valence-electron chi connectivity index (χ2n) is 7.56. The number of hydrogen-bond donors (Lipinski definition) is 2. The Kier molecular flexibility index (Phi) is 6.76. The Morgan fingerprint density at radius 2 is 1.94 bits per heavy atom. The van der Waals surface area contributed by atoms with Crippen LogP contribution in [-0.2, 0) is 6.54 Å². The van der Waals surface area contributed by atoms with E-state index >= 15 is 0 Å². The largest absolute Gasteiger partial charge is 0.496 e. The highest BCUT2D eigenvalue weighted by atomic mass is 19.3. The number of carbonyl (C=O) groups is 1. The number of ether oxygens (including phenoxy) is 2. The van der Waals surface area contributed by atoms with Gasteiger partial charge in [-0.05, 0) is 37.3 Å². The number of rotatable bonds is 9. The van der Waals surface area contributed by atoms with E-state index < -0.39 is 18.3 Å². The van der Waals surface area contributed by atoms with Crippen molar-refractivity contribution in [1.29, 1.82) is 0 Å². The average molecular weight is 486 g/mol. The minimum atomic E-state index is -3.18. The summed E-state index contributed by atoms with van der Waals surface area (Å²) in [7, 11) is 1.53. The highest BCUT2D eigenvalue weighted by Crippen LogP contribution is 2.31. The Morgan fingerprint density at radius 3 is 2.66 bits per heavy atom. The number of aryl methyl sites for hydroxylation is 1. The minimum absolute atomic E-state index is 0.357. The van der Waals surface area contributed by atoms with E-state index in [9.17, 15) is 23.1 Å². The van der Waals surface area contributed by atoms with Crippen molar-refractivity contribution in [2.45, 2.75) is 20.1 Å². The molecule has 0 unspecified atom stereocenters. The van der Waals surface area contributed by atoms with Crippen LogP contribution in [0.15, 0.2) is 48.8 Å². The molecule has 4 aromatic rings. The van der Waals surface area contributed by atoms with Gasteiger partial charge in [-0.15, -0.1) is 0 Å². The Bertz CT molecular complexity index is 1390. The molecule has 0 bridgehead atoms. The lowest BCUT2D eigenvalue weighted by molar-refractivity contribution is -0.0503. The second-order valence-corrected chi connectivity index (χ2v) is 7.56. The molecule has 2 aromatic heterocycles. The fourth-order valence-electron chi connectivity index (χ4n) is 3.87. The predicted octanol–water partition coefficient (Wildman–Crippen LogP) is 4.97. The smallest absolute Gasteiger partial charge is 0.387 e. The van der Waals surface area contributed by atoms with Crippen molar-refractivity contribution in [1.82, 2.24) is 14.5 Å². The number of anilines is 1. The first kappa shape index (κ1) is 23.9. The van der Waals surface area contributed by atoms with E-state index in [1.54, 1.807) is 12.1 Å². The van der Waals surface area contributed by atoms with Crippen LogP contribution < -0.4 is 14.8 Å². The molecular formula is C24H21F3N4O4. The van der Waals surface area contributed by atoms with Gasteiger partial charge in [0, 0.05) is 35.8 Å². The monoisotopic (exact) mass is 486 g/mol. The van der Waals surface area contributed by atoms with E-state index in [0.29, 0.717) is 46.8 Å². The lowest BCUT2D eigenvalue weighted by Gasteiger charge is -2.12. The number of alkyl halides is 2. The predicted molar refractivity (Wildman–Crippen MR) is 123 cm³/mol. The van der Waals surface area contributed by atoms with Gasteiger partial charge < -0.3 is 24.5 Å². The van der Waals surface area contributed by atoms with Crippen LogP contribution in [0.4, 0.5) is 19.0 Å². The topological polar surface area (TPSA) is 98.5 Å². The summed E-state index contributed by atoms with van der Waals surface area (Å²) in [6.07, 6.45) is 1.29. The molecule has 0 spiro atoms. The number of aromatic nitrogens is 3. The standard InChI is InChI=1S/C24H21F3N4O4/c1-13-9-16-19(34-2)6-5-17(25)22(16)31(13)8-7-28-21-11-18(29-12-30-21)14-3-4-15(23(32)33)20(10-14)35-24(26)27/h3-6,9-12,24H,7-8H2,1-2H3,(H,32,33)(H,28,29,30). The highest BCUT2D eigenvalue weighted by Gasteiger charge is 2.17. The second kappa shape index (κ2) is 9.92. The molecule has 2 heterocycles. The normalized spacial score (nSPS) is 11.1. The fourth-order valence-corrected chi connectivity index (χ4v) is 3.87. The van der Waals surface area contributed by atoms with E-state index in [4.69, 9.17) is 4.74 Å². The maximum absolute atomic E-state index is 14.5. The van der Waals surface area contributed by atoms with Crippen molar-refractivity contribution in [2.24, 2.45) is 0 Å². The molecule has 35 heavy (non-hydrogen) atoms. The van der Waals surface area contributed by atoms with Crippen molar-refractivity contribution >= 4 is 22.7 Å². The van der Waals surface area contributed by atoms with Crippen molar-refractivity contribution in [2.75, 3.05) is 19.0 Å². The molecule has 0 atom stereocenters. The first-order valence-corrected chi connectivity index (χ1v) is 10.5. The summed E-state index contributed by atoms with van der Waals surface area (Å²) in [6, 6.07) is 10.2. The number of methoxy groups -OCH3 is 1. The summed E-state index contributed by atoms with van der Waals surface area (Å²) >= 11 is 0. The van der Waals surface area contributed by atoms with E-state index in [1.165, 1.54) is 37.7 Å². The zero-order chi connectivity index (χ0) is 25.1. The molecule has 11 heteroatoms. The van der Waals surface area contributed by atoms with Crippen LogP contribution in [0.2, 0.25) is 0 Å². The van der Waals surface area contributed by atoms with Crippen molar-refractivity contribution in [3.8, 4) is 22.8 Å². The Balaban J connectivity index is 1.54. The van der Waals surface area contributed by atoms with Gasteiger partial charge in [0.15, 0.2) is 0 Å². The number of carboxylic acids is 1. The van der Waals surface area contributed by atoms with Gasteiger partial charge in [0.2, 0.25) is 0 Å². The van der Waals surface area contributed by atoms with Gasteiger partial charge in [-0.2, -0.15) is 8.78 Å². The van der Waals surface area contributed by atoms with Gasteiger partial charge in [-0.1, -0.05) is 6.07 Å². The fraction of sp³-hybridized carbons (Fsp3) is 0.208. The number of carboxylic acid groups (broad SMARTS) is 1. The van der Waals surface area contributed by atoms with Gasteiger partial charge >= 0.3 is 12.6 Å². The van der Waals surface area contributed by atoms with Gasteiger partial charge in [0.1, 0.15) is 35.0 Å². The van der Waals surface area contributed by atoms with Gasteiger partial charge in [0.05, 0.1) is 18.3 Å². The quantitative estimate of drug-likeness (QED) is 0.345. The molecule has 4 rings (SSSR count). The molecule has 0 saturated carbocycles. The zero-order valence-electron chi connectivity index (χ0n) is 18.8. The summed E-state index contributed by atoms with van der Waals surface area (Å²) in [6.45, 7) is -0.473. The third kappa shape index (κ3) is 4.98. The molecule has 0 fully saturated rings. The zero-order valence-corrected chi connectivity index (χ0v) is 18.8. The lowest BCUT2D eigenvalue weighted by atomic mass is 10.1. The van der Waals surface area contributed by atoms with Crippen LogP contribution in [-0.4, -0.2) is 45.9 Å². The van der Waals surface area contributed by atoms with Crippen LogP contribution in [0.5, 0.6) is 11.5 Å². The average Bonchev–Trinajstić information content (AvgIpc) is 3.16. The molecule has 8 nitrogen and oxygen atoms in total. The van der Waals surface area contributed by atoms with Crippen LogP contribution in [0.1, 0.15) is 16.1 Å². The van der Waals surface area contributed by atoms with Crippen LogP contribution in [0, 0.1) is 12.7 Å². The van der Waals surface area contributed by atoms with E-state index in [0.717, 1.165) is 5.69 Å². The van der Waals surface area contributed by atoms with Gasteiger partial charge in [-0.3, -0.25) is 0 Å². The molecule has 0 radical (unpaired) electrons. The summed E-state index contributed by atoms with van der Waals surface area (Å²) in [5, 5.41) is 13.0. The highest BCUT2D eigenvalue weighted by molar-refractivity contribution is 5.92. The van der Waals surface area contributed by atoms with Crippen molar-refractivity contribution < 1.29 is 32.5 Å². The van der Waals surface area contributed by atoms with Gasteiger partial charge in [0.25, 0.3) is 0 Å². The minimum Gasteiger partial charge on any atom is -0.496 e. The first-order chi connectivity index (χ1) is 16.8. The number of fused-ring (bicyclic) bond motifs is 1. The van der Waals surface area contributed by atoms with Crippen LogP contribution in [0.3, 0.4) is 0 Å². The van der Waals surface area contributed by atoms with Gasteiger partial charge in [-0.25, -0.2) is 19.2 Å². The molecule has 2 N–H and O–H groups in total. The lowest BCUT2D eigenvalue weighted by Crippen LogP contribution is -2.13. The third-order valence-corrected chi connectivity index (χ3v) is 5.43. The molecule has 2 aromatic carbocycles. The summed E-state index contributed by atoms with van der Waals surface area (Å²) in [4.78, 5) is 19.6. The number of nitrogens with zero attached hydrogens (tertiary/aromatic N) is 3. The molecule has 0 amide bonds. The number of hydrogen-bond acceptors (Lipinski definition) is 6. The summed E-state index contributed by atoms with van der Waals surface area (Å²) < 4.78 is 51.5. The molecule has 0 aliphatic carbocycles. The number of aromatic carboxylic acids is 1. The van der Waals surface area contributed by atoms with Crippen LogP contribution in [0.25, 0.3) is 22.2 Å².